The van der Waals surface area contributed by atoms with E-state index in [-0.39, 0.29) is 0 Å². The van der Waals surface area contributed by atoms with Gasteiger partial charge in [-0.05, 0) is 32.7 Å². The standard InChI is InChI=1S/C16H30N2S/c1-6-9-10-14(7-2)11-15(17-8-3)16-12(4)18-13(5)19-16/h14-15,17H,6-11H2,1-5H3. The van der Waals surface area contributed by atoms with Crippen LogP contribution in [-0.2, 0) is 0 Å². The van der Waals surface area contributed by atoms with Gasteiger partial charge in [-0.15, -0.1) is 11.3 Å². The summed E-state index contributed by atoms with van der Waals surface area (Å²) in [5, 5.41) is 4.86. The van der Waals surface area contributed by atoms with Gasteiger partial charge in [0.05, 0.1) is 10.7 Å². The van der Waals surface area contributed by atoms with Crippen LogP contribution in [0.4, 0.5) is 0 Å². The molecule has 1 N–H and O–H groups in total. The highest BCUT2D eigenvalue weighted by atomic mass is 32.1. The fourth-order valence-corrected chi connectivity index (χ4v) is 3.73. The molecule has 0 aromatic carbocycles. The zero-order valence-corrected chi connectivity index (χ0v) is 14.1. The Hall–Kier alpha value is -0.410. The van der Waals surface area contributed by atoms with Gasteiger partial charge in [0, 0.05) is 10.9 Å². The normalized spacial score (nSPS) is 14.6. The molecule has 0 fully saturated rings. The van der Waals surface area contributed by atoms with Crippen LogP contribution in [0.1, 0.15) is 74.5 Å². The summed E-state index contributed by atoms with van der Waals surface area (Å²) in [5.74, 6) is 0.839. The van der Waals surface area contributed by atoms with Crippen LogP contribution in [0.25, 0.3) is 0 Å². The van der Waals surface area contributed by atoms with Crippen LogP contribution >= 0.6 is 11.3 Å². The van der Waals surface area contributed by atoms with E-state index in [4.69, 9.17) is 0 Å². The van der Waals surface area contributed by atoms with Gasteiger partial charge in [-0.1, -0.05) is 46.5 Å². The number of nitrogens with zero attached hydrogens (tertiary/aromatic N) is 1. The summed E-state index contributed by atoms with van der Waals surface area (Å²) in [6, 6.07) is 0.498. The molecule has 0 aliphatic rings. The number of unbranched alkanes of at least 4 members (excludes halogenated alkanes) is 1. The van der Waals surface area contributed by atoms with Crippen molar-refractivity contribution in [1.29, 1.82) is 0 Å². The first-order valence-corrected chi connectivity index (χ1v) is 8.61. The Balaban J connectivity index is 2.73. The van der Waals surface area contributed by atoms with Gasteiger partial charge in [0.2, 0.25) is 0 Å². The summed E-state index contributed by atoms with van der Waals surface area (Å²) in [4.78, 5) is 6.04. The molecule has 0 saturated heterocycles. The maximum absolute atomic E-state index is 4.59. The average molecular weight is 282 g/mol. The lowest BCUT2D eigenvalue weighted by molar-refractivity contribution is 0.359. The molecule has 0 aliphatic carbocycles. The molecule has 0 aliphatic heterocycles. The number of nitrogens with one attached hydrogen (secondary N) is 1. The molecule has 0 spiro atoms. The first-order valence-electron chi connectivity index (χ1n) is 7.79. The Morgan fingerprint density at radius 2 is 1.95 bits per heavy atom. The van der Waals surface area contributed by atoms with Gasteiger partial charge in [-0.25, -0.2) is 4.98 Å². The van der Waals surface area contributed by atoms with Crippen molar-refractivity contribution in [3.05, 3.63) is 15.6 Å². The van der Waals surface area contributed by atoms with Gasteiger partial charge < -0.3 is 5.32 Å². The van der Waals surface area contributed by atoms with E-state index in [1.165, 1.54) is 47.7 Å². The minimum absolute atomic E-state index is 0.498. The van der Waals surface area contributed by atoms with Crippen molar-refractivity contribution in [2.75, 3.05) is 6.54 Å². The molecule has 2 atom stereocenters. The lowest BCUT2D eigenvalue weighted by Crippen LogP contribution is -2.23. The Kier molecular flexibility index (Phi) is 7.62. The van der Waals surface area contributed by atoms with Crippen LogP contribution in [-0.4, -0.2) is 11.5 Å². The first-order chi connectivity index (χ1) is 9.12. The molecular weight excluding hydrogens is 252 g/mol. The van der Waals surface area contributed by atoms with Crippen LogP contribution < -0.4 is 5.32 Å². The molecule has 0 amide bonds. The van der Waals surface area contributed by atoms with Crippen molar-refractivity contribution in [3.8, 4) is 0 Å². The van der Waals surface area contributed by atoms with Crippen LogP contribution in [0.15, 0.2) is 0 Å². The second-order valence-electron chi connectivity index (χ2n) is 5.45. The second-order valence-corrected chi connectivity index (χ2v) is 6.68. The Labute approximate surface area is 123 Å². The largest absolute Gasteiger partial charge is 0.309 e. The van der Waals surface area contributed by atoms with E-state index in [1.807, 2.05) is 11.3 Å². The molecule has 0 bridgehead atoms. The third-order valence-electron chi connectivity index (χ3n) is 3.82. The Morgan fingerprint density at radius 1 is 1.21 bits per heavy atom. The highest BCUT2D eigenvalue weighted by molar-refractivity contribution is 7.11. The maximum Gasteiger partial charge on any atom is 0.0900 e. The fourth-order valence-electron chi connectivity index (χ4n) is 2.71. The van der Waals surface area contributed by atoms with Crippen molar-refractivity contribution in [3.63, 3.8) is 0 Å². The van der Waals surface area contributed by atoms with Gasteiger partial charge in [0.25, 0.3) is 0 Å². The summed E-state index contributed by atoms with van der Waals surface area (Å²) in [5.41, 5.74) is 1.22. The SMILES string of the molecule is CCCCC(CC)CC(NCC)c1sc(C)nc1C. The molecule has 0 saturated carbocycles. The topological polar surface area (TPSA) is 24.9 Å². The predicted octanol–water partition coefficient (Wildman–Crippen LogP) is 5.02. The van der Waals surface area contributed by atoms with E-state index < -0.39 is 0 Å². The first kappa shape index (κ1) is 16.6. The van der Waals surface area contributed by atoms with Gasteiger partial charge in [-0.3, -0.25) is 0 Å². The van der Waals surface area contributed by atoms with E-state index in [1.54, 1.807) is 0 Å². The summed E-state index contributed by atoms with van der Waals surface area (Å²) < 4.78 is 0. The minimum atomic E-state index is 0.498. The zero-order chi connectivity index (χ0) is 14.3. The molecule has 2 nitrogen and oxygen atoms in total. The predicted molar refractivity (Wildman–Crippen MR) is 85.9 cm³/mol. The smallest absolute Gasteiger partial charge is 0.0900 e. The van der Waals surface area contributed by atoms with Gasteiger partial charge in [-0.2, -0.15) is 0 Å². The molecule has 1 heterocycles. The van der Waals surface area contributed by atoms with E-state index >= 15 is 0 Å². The van der Waals surface area contributed by atoms with Crippen LogP contribution in [0.2, 0.25) is 0 Å². The monoisotopic (exact) mass is 282 g/mol. The number of aryl methyl sites for hydroxylation is 2. The summed E-state index contributed by atoms with van der Waals surface area (Å²) in [7, 11) is 0. The van der Waals surface area contributed by atoms with Crippen molar-refractivity contribution in [2.45, 2.75) is 72.8 Å². The molecule has 2 unspecified atom stereocenters. The van der Waals surface area contributed by atoms with Crippen molar-refractivity contribution in [2.24, 2.45) is 5.92 Å². The van der Waals surface area contributed by atoms with Crippen molar-refractivity contribution in [1.82, 2.24) is 10.3 Å². The van der Waals surface area contributed by atoms with Gasteiger partial charge in [0.15, 0.2) is 0 Å². The van der Waals surface area contributed by atoms with Crippen LogP contribution in [0.3, 0.4) is 0 Å². The summed E-state index contributed by atoms with van der Waals surface area (Å²) in [6.45, 7) is 12.1. The molecule has 0 radical (unpaired) electrons. The van der Waals surface area contributed by atoms with Crippen molar-refractivity contribution < 1.29 is 0 Å². The quantitative estimate of drug-likeness (QED) is 0.688. The molecule has 1 aromatic heterocycles. The van der Waals surface area contributed by atoms with Gasteiger partial charge in [0.1, 0.15) is 0 Å². The molecule has 19 heavy (non-hydrogen) atoms. The molecule has 1 aromatic rings. The highest BCUT2D eigenvalue weighted by Gasteiger charge is 2.20. The van der Waals surface area contributed by atoms with Crippen LogP contribution in [0.5, 0.6) is 0 Å². The fraction of sp³-hybridized carbons (Fsp3) is 0.812. The van der Waals surface area contributed by atoms with Crippen LogP contribution in [0, 0.1) is 19.8 Å². The molecular formula is C16H30N2S. The summed E-state index contributed by atoms with van der Waals surface area (Å²) in [6.07, 6.45) is 6.58. The van der Waals surface area contributed by atoms with E-state index in [0.717, 1.165) is 12.5 Å². The van der Waals surface area contributed by atoms with Gasteiger partial charge >= 0.3 is 0 Å². The average Bonchev–Trinajstić information content (AvgIpc) is 2.72. The lowest BCUT2D eigenvalue weighted by atomic mass is 9.91. The molecule has 110 valence electrons. The number of thiazole rings is 1. The Morgan fingerprint density at radius 3 is 2.42 bits per heavy atom. The number of aromatic nitrogens is 1. The van der Waals surface area contributed by atoms with E-state index in [0.29, 0.717) is 6.04 Å². The maximum atomic E-state index is 4.59. The lowest BCUT2D eigenvalue weighted by Gasteiger charge is -2.23. The van der Waals surface area contributed by atoms with E-state index in [2.05, 4.69) is 44.9 Å². The molecule has 1 rings (SSSR count). The van der Waals surface area contributed by atoms with E-state index in [9.17, 15) is 0 Å². The number of hydrogen-bond donors (Lipinski definition) is 1. The number of rotatable bonds is 9. The Bertz CT molecular complexity index is 360. The third-order valence-corrected chi connectivity index (χ3v) is 5.01. The highest BCUT2D eigenvalue weighted by Crippen LogP contribution is 2.32. The van der Waals surface area contributed by atoms with Crippen molar-refractivity contribution >= 4 is 11.3 Å². The third kappa shape index (κ3) is 5.23. The minimum Gasteiger partial charge on any atom is -0.309 e. The number of hydrogen-bond acceptors (Lipinski definition) is 3. The summed E-state index contributed by atoms with van der Waals surface area (Å²) >= 11 is 1.87. The second kappa shape index (κ2) is 8.70. The molecule has 3 heteroatoms. The zero-order valence-electron chi connectivity index (χ0n) is 13.3.